The fourth-order valence-corrected chi connectivity index (χ4v) is 2.20. The van der Waals surface area contributed by atoms with Crippen LogP contribution in [0.1, 0.15) is 42.5 Å². The molecule has 0 atom stereocenters. The molecule has 1 N–H and O–H groups in total. The number of rotatable bonds is 2. The zero-order valence-electron chi connectivity index (χ0n) is 9.93. The Labute approximate surface area is 101 Å². The molecule has 2 rings (SSSR count). The van der Waals surface area contributed by atoms with E-state index in [9.17, 15) is 4.79 Å². The summed E-state index contributed by atoms with van der Waals surface area (Å²) in [6, 6.07) is 3.21. The monoisotopic (exact) mass is 234 g/mol. The van der Waals surface area contributed by atoms with E-state index >= 15 is 0 Å². The first-order chi connectivity index (χ1) is 8.27. The number of carboxylic acid groups (broad SMARTS) is 1. The predicted octanol–water partition coefficient (Wildman–Crippen LogP) is 2.55. The van der Waals surface area contributed by atoms with Gasteiger partial charge in [-0.15, -0.1) is 0 Å². The number of aromatic carboxylic acids is 1. The van der Waals surface area contributed by atoms with E-state index in [1.165, 1.54) is 38.2 Å². The van der Waals surface area contributed by atoms with Crippen molar-refractivity contribution in [3.63, 3.8) is 0 Å². The van der Waals surface area contributed by atoms with Crippen LogP contribution < -0.4 is 4.90 Å². The normalized spacial score (nSPS) is 17.3. The number of hydrogen-bond acceptors (Lipinski definition) is 3. The molecule has 0 aliphatic carbocycles. The van der Waals surface area contributed by atoms with Gasteiger partial charge >= 0.3 is 5.97 Å². The van der Waals surface area contributed by atoms with Crippen molar-refractivity contribution in [2.75, 3.05) is 18.0 Å². The summed E-state index contributed by atoms with van der Waals surface area (Å²) in [7, 11) is 0. The number of anilines is 1. The molecular formula is C13H18N2O2. The van der Waals surface area contributed by atoms with Crippen LogP contribution in [-0.4, -0.2) is 29.1 Å². The van der Waals surface area contributed by atoms with Crippen LogP contribution in [0.2, 0.25) is 0 Å². The summed E-state index contributed by atoms with van der Waals surface area (Å²) >= 11 is 0. The minimum absolute atomic E-state index is 0.317. The average Bonchev–Trinajstić information content (AvgIpc) is 2.28. The van der Waals surface area contributed by atoms with E-state index in [2.05, 4.69) is 9.88 Å². The van der Waals surface area contributed by atoms with E-state index in [1.807, 2.05) is 0 Å². The number of nitrogens with zero attached hydrogens (tertiary/aromatic N) is 2. The van der Waals surface area contributed by atoms with E-state index in [0.29, 0.717) is 5.56 Å². The van der Waals surface area contributed by atoms with Crippen LogP contribution in [0.4, 0.5) is 5.82 Å². The number of hydrogen-bond donors (Lipinski definition) is 1. The van der Waals surface area contributed by atoms with E-state index in [1.54, 1.807) is 12.3 Å². The smallest absolute Gasteiger partial charge is 0.335 e. The maximum Gasteiger partial charge on any atom is 0.335 e. The third-order valence-corrected chi connectivity index (χ3v) is 3.17. The van der Waals surface area contributed by atoms with Gasteiger partial charge in [0, 0.05) is 19.3 Å². The second-order valence-corrected chi connectivity index (χ2v) is 4.46. The summed E-state index contributed by atoms with van der Waals surface area (Å²) in [5, 5.41) is 8.96. The molecule has 1 aliphatic rings. The Hall–Kier alpha value is -1.58. The van der Waals surface area contributed by atoms with Crippen molar-refractivity contribution in [3.05, 3.63) is 23.9 Å². The van der Waals surface area contributed by atoms with E-state index in [4.69, 9.17) is 5.11 Å². The Morgan fingerprint density at radius 2 is 1.82 bits per heavy atom. The minimum atomic E-state index is -0.888. The van der Waals surface area contributed by atoms with Crippen molar-refractivity contribution in [1.29, 1.82) is 0 Å². The van der Waals surface area contributed by atoms with Gasteiger partial charge in [-0.25, -0.2) is 9.78 Å². The van der Waals surface area contributed by atoms with Gasteiger partial charge in [0.1, 0.15) is 5.82 Å². The molecule has 1 saturated heterocycles. The second-order valence-electron chi connectivity index (χ2n) is 4.46. The van der Waals surface area contributed by atoms with Crippen LogP contribution >= 0.6 is 0 Å². The first-order valence-electron chi connectivity index (χ1n) is 6.21. The molecule has 0 amide bonds. The zero-order valence-corrected chi connectivity index (χ0v) is 9.93. The van der Waals surface area contributed by atoms with Crippen LogP contribution in [0, 0.1) is 0 Å². The lowest BCUT2D eigenvalue weighted by Crippen LogP contribution is -2.28. The molecule has 0 unspecified atom stereocenters. The van der Waals surface area contributed by atoms with Gasteiger partial charge in [0.05, 0.1) is 5.56 Å². The molecular weight excluding hydrogens is 216 g/mol. The molecule has 1 aromatic rings. The molecule has 4 nitrogen and oxygen atoms in total. The fraction of sp³-hybridized carbons (Fsp3) is 0.538. The van der Waals surface area contributed by atoms with Gasteiger partial charge in [0.25, 0.3) is 0 Å². The molecule has 92 valence electrons. The SMILES string of the molecule is O=C(O)c1ccnc(N2CCCCCCC2)c1. The molecule has 1 fully saturated rings. The summed E-state index contributed by atoms with van der Waals surface area (Å²) in [4.78, 5) is 17.4. The molecule has 1 aromatic heterocycles. The molecule has 1 aliphatic heterocycles. The van der Waals surface area contributed by atoms with E-state index in [-0.39, 0.29) is 0 Å². The Morgan fingerprint density at radius 3 is 2.47 bits per heavy atom. The lowest BCUT2D eigenvalue weighted by molar-refractivity contribution is 0.0697. The van der Waals surface area contributed by atoms with Crippen molar-refractivity contribution in [2.45, 2.75) is 32.1 Å². The van der Waals surface area contributed by atoms with Gasteiger partial charge in [-0.3, -0.25) is 0 Å². The summed E-state index contributed by atoms with van der Waals surface area (Å²) in [5.41, 5.74) is 0.317. The maximum absolute atomic E-state index is 10.9. The number of pyridine rings is 1. The van der Waals surface area contributed by atoms with Crippen molar-refractivity contribution >= 4 is 11.8 Å². The Morgan fingerprint density at radius 1 is 1.18 bits per heavy atom. The highest BCUT2D eigenvalue weighted by Gasteiger charge is 2.12. The molecule has 2 heterocycles. The predicted molar refractivity (Wildman–Crippen MR) is 66.5 cm³/mol. The van der Waals surface area contributed by atoms with Gasteiger partial charge in [-0.1, -0.05) is 19.3 Å². The largest absolute Gasteiger partial charge is 0.478 e. The van der Waals surface area contributed by atoms with Crippen molar-refractivity contribution < 1.29 is 9.90 Å². The van der Waals surface area contributed by atoms with Crippen LogP contribution in [-0.2, 0) is 0 Å². The molecule has 17 heavy (non-hydrogen) atoms. The Bertz CT molecular complexity index is 385. The Balaban J connectivity index is 2.13. The lowest BCUT2D eigenvalue weighted by Gasteiger charge is -2.25. The first-order valence-corrected chi connectivity index (χ1v) is 6.21. The van der Waals surface area contributed by atoms with Crippen LogP contribution in [0.25, 0.3) is 0 Å². The molecule has 4 heteroatoms. The zero-order chi connectivity index (χ0) is 12.1. The average molecular weight is 234 g/mol. The van der Waals surface area contributed by atoms with Crippen molar-refractivity contribution in [1.82, 2.24) is 4.98 Å². The maximum atomic E-state index is 10.9. The summed E-state index contributed by atoms with van der Waals surface area (Å²) < 4.78 is 0. The quantitative estimate of drug-likeness (QED) is 0.854. The summed E-state index contributed by atoms with van der Waals surface area (Å²) in [6.45, 7) is 1.96. The number of carboxylic acids is 1. The summed E-state index contributed by atoms with van der Waals surface area (Å²) in [6.07, 6.45) is 7.75. The van der Waals surface area contributed by atoms with Crippen LogP contribution in [0.15, 0.2) is 18.3 Å². The topological polar surface area (TPSA) is 53.4 Å². The molecule has 0 saturated carbocycles. The fourth-order valence-electron chi connectivity index (χ4n) is 2.20. The number of aromatic nitrogens is 1. The van der Waals surface area contributed by atoms with Gasteiger partial charge in [0.15, 0.2) is 0 Å². The van der Waals surface area contributed by atoms with Crippen molar-refractivity contribution in [2.24, 2.45) is 0 Å². The van der Waals surface area contributed by atoms with Gasteiger partial charge in [-0.05, 0) is 25.0 Å². The number of carbonyl (C=O) groups is 1. The minimum Gasteiger partial charge on any atom is -0.478 e. The standard InChI is InChI=1S/C13H18N2O2/c16-13(17)11-6-7-14-12(10-11)15-8-4-2-1-3-5-9-15/h6-7,10H,1-5,8-9H2,(H,16,17). The Kier molecular flexibility index (Phi) is 3.96. The van der Waals surface area contributed by atoms with Crippen LogP contribution in [0.5, 0.6) is 0 Å². The molecule has 0 spiro atoms. The van der Waals surface area contributed by atoms with E-state index in [0.717, 1.165) is 18.9 Å². The lowest BCUT2D eigenvalue weighted by atomic mass is 10.1. The van der Waals surface area contributed by atoms with E-state index < -0.39 is 5.97 Å². The second kappa shape index (κ2) is 5.66. The molecule has 0 radical (unpaired) electrons. The molecule has 0 aromatic carbocycles. The van der Waals surface area contributed by atoms with Gasteiger partial charge in [-0.2, -0.15) is 0 Å². The highest BCUT2D eigenvalue weighted by atomic mass is 16.4. The molecule has 0 bridgehead atoms. The third-order valence-electron chi connectivity index (χ3n) is 3.17. The van der Waals surface area contributed by atoms with Crippen LogP contribution in [0.3, 0.4) is 0 Å². The summed E-state index contributed by atoms with van der Waals surface area (Å²) in [5.74, 6) is -0.0903. The third kappa shape index (κ3) is 3.19. The first kappa shape index (κ1) is 11.9. The van der Waals surface area contributed by atoms with Gasteiger partial charge in [0.2, 0.25) is 0 Å². The highest BCUT2D eigenvalue weighted by Crippen LogP contribution is 2.18. The highest BCUT2D eigenvalue weighted by molar-refractivity contribution is 5.88. The van der Waals surface area contributed by atoms with Crippen molar-refractivity contribution in [3.8, 4) is 0 Å². The van der Waals surface area contributed by atoms with Gasteiger partial charge < -0.3 is 10.0 Å².